The molecule has 0 saturated carbocycles. The number of nitrogens with zero attached hydrogens (tertiary/aromatic N) is 1. The highest BCUT2D eigenvalue weighted by molar-refractivity contribution is 7.92. The molecule has 1 rings (SSSR count). The minimum Gasteiger partial charge on any atom is -0.481 e. The molecule has 0 radical (unpaired) electrons. The van der Waals surface area contributed by atoms with Crippen molar-refractivity contribution in [3.63, 3.8) is 0 Å². The van der Waals surface area contributed by atoms with E-state index < -0.39 is 28.2 Å². The van der Waals surface area contributed by atoms with Gasteiger partial charge in [-0.25, -0.2) is 8.42 Å². The van der Waals surface area contributed by atoms with Crippen LogP contribution in [0.2, 0.25) is 0 Å². The summed E-state index contributed by atoms with van der Waals surface area (Å²) >= 11 is 0. The molecule has 1 aromatic rings. The first kappa shape index (κ1) is 12.5. The highest BCUT2D eigenvalue weighted by Crippen LogP contribution is 2.17. The topological polar surface area (TPSA) is 112 Å². The summed E-state index contributed by atoms with van der Waals surface area (Å²) in [5, 5.41) is 14.9. The maximum atomic E-state index is 11.5. The lowest BCUT2D eigenvalue weighted by molar-refractivity contribution is -0.136. The fourth-order valence-electron chi connectivity index (χ4n) is 1.13. The van der Waals surface area contributed by atoms with Crippen molar-refractivity contribution in [3.8, 4) is 0 Å². The quantitative estimate of drug-likeness (QED) is 0.690. The molecular formula is C8H13N3O4S. The van der Waals surface area contributed by atoms with E-state index >= 15 is 0 Å². The lowest BCUT2D eigenvalue weighted by Crippen LogP contribution is -2.19. The summed E-state index contributed by atoms with van der Waals surface area (Å²) in [5.41, 5.74) is 1.50. The maximum absolute atomic E-state index is 11.5. The molecule has 90 valence electrons. The van der Waals surface area contributed by atoms with Crippen LogP contribution in [0.3, 0.4) is 0 Å². The van der Waals surface area contributed by atoms with Crippen molar-refractivity contribution in [2.45, 2.75) is 20.3 Å². The van der Waals surface area contributed by atoms with Crippen LogP contribution in [0.1, 0.15) is 17.8 Å². The van der Waals surface area contributed by atoms with Crippen LogP contribution < -0.4 is 4.72 Å². The third-order valence-corrected chi connectivity index (χ3v) is 3.23. The van der Waals surface area contributed by atoms with E-state index in [9.17, 15) is 13.2 Å². The summed E-state index contributed by atoms with van der Waals surface area (Å²) in [5.74, 6) is -1.60. The van der Waals surface area contributed by atoms with Crippen LogP contribution >= 0.6 is 0 Å². The molecule has 0 aliphatic rings. The van der Waals surface area contributed by atoms with Crippen molar-refractivity contribution in [2.24, 2.45) is 0 Å². The Kier molecular flexibility index (Phi) is 3.53. The second-order valence-corrected chi connectivity index (χ2v) is 5.22. The standard InChI is InChI=1S/C8H13N3O4S/c1-5-8(6(2)10-9-5)11-16(14,15)4-3-7(12)13/h11H,3-4H2,1-2H3,(H,9,10)(H,12,13). The number of rotatable bonds is 5. The number of carbonyl (C=O) groups is 1. The van der Waals surface area contributed by atoms with E-state index in [1.807, 2.05) is 0 Å². The second-order valence-electron chi connectivity index (χ2n) is 3.37. The molecule has 0 saturated heterocycles. The van der Waals surface area contributed by atoms with Crippen molar-refractivity contribution in [1.82, 2.24) is 10.2 Å². The van der Waals surface area contributed by atoms with Gasteiger partial charge in [0, 0.05) is 0 Å². The molecule has 0 aliphatic carbocycles. The summed E-state index contributed by atoms with van der Waals surface area (Å²) in [6.07, 6.45) is -0.425. The molecule has 0 spiro atoms. The van der Waals surface area contributed by atoms with E-state index in [1.54, 1.807) is 13.8 Å². The van der Waals surface area contributed by atoms with Crippen LogP contribution in [-0.4, -0.2) is 35.4 Å². The second kappa shape index (κ2) is 4.52. The summed E-state index contributed by atoms with van der Waals surface area (Å²) in [4.78, 5) is 10.3. The van der Waals surface area contributed by atoms with E-state index in [-0.39, 0.29) is 0 Å². The highest BCUT2D eigenvalue weighted by atomic mass is 32.2. The van der Waals surface area contributed by atoms with E-state index in [4.69, 9.17) is 5.11 Å². The van der Waals surface area contributed by atoms with Crippen molar-refractivity contribution in [2.75, 3.05) is 10.5 Å². The van der Waals surface area contributed by atoms with E-state index in [1.165, 1.54) is 0 Å². The third kappa shape index (κ3) is 3.23. The molecule has 0 unspecified atom stereocenters. The number of aromatic amines is 1. The molecule has 0 amide bonds. The number of carboxylic acid groups (broad SMARTS) is 1. The molecule has 8 heteroatoms. The van der Waals surface area contributed by atoms with Gasteiger partial charge in [-0.1, -0.05) is 0 Å². The minimum atomic E-state index is -3.64. The molecular weight excluding hydrogens is 234 g/mol. The SMILES string of the molecule is Cc1n[nH]c(C)c1NS(=O)(=O)CCC(=O)O. The van der Waals surface area contributed by atoms with Gasteiger partial charge < -0.3 is 5.11 Å². The van der Waals surface area contributed by atoms with Gasteiger partial charge in [0.2, 0.25) is 10.0 Å². The van der Waals surface area contributed by atoms with Crippen LogP contribution in [0.4, 0.5) is 5.69 Å². The number of anilines is 1. The highest BCUT2D eigenvalue weighted by Gasteiger charge is 2.16. The van der Waals surface area contributed by atoms with Gasteiger partial charge in [0.1, 0.15) is 0 Å². The van der Waals surface area contributed by atoms with Crippen molar-refractivity contribution >= 4 is 21.7 Å². The van der Waals surface area contributed by atoms with Gasteiger partial charge in [0.15, 0.2) is 0 Å². The minimum absolute atomic E-state index is 0.380. The number of carboxylic acids is 1. The molecule has 1 aromatic heterocycles. The molecule has 0 bridgehead atoms. The Morgan fingerprint density at radius 3 is 2.56 bits per heavy atom. The lowest BCUT2D eigenvalue weighted by atomic mass is 10.3. The average Bonchev–Trinajstić information content (AvgIpc) is 2.46. The van der Waals surface area contributed by atoms with Gasteiger partial charge in [-0.3, -0.25) is 14.6 Å². The molecule has 7 nitrogen and oxygen atoms in total. The van der Waals surface area contributed by atoms with Crippen LogP contribution in [0.5, 0.6) is 0 Å². The summed E-state index contributed by atoms with van der Waals surface area (Å²) in [6, 6.07) is 0. The van der Waals surface area contributed by atoms with Crippen molar-refractivity contribution in [1.29, 1.82) is 0 Å². The molecule has 0 aliphatic heterocycles. The zero-order chi connectivity index (χ0) is 12.3. The molecule has 16 heavy (non-hydrogen) atoms. The predicted molar refractivity (Wildman–Crippen MR) is 57.7 cm³/mol. The lowest BCUT2D eigenvalue weighted by Gasteiger charge is -2.06. The number of H-pyrrole nitrogens is 1. The van der Waals surface area contributed by atoms with E-state index in [0.717, 1.165) is 0 Å². The number of hydrogen-bond acceptors (Lipinski definition) is 4. The first-order chi connectivity index (χ1) is 7.32. The largest absolute Gasteiger partial charge is 0.481 e. The number of aromatic nitrogens is 2. The van der Waals surface area contributed by atoms with Crippen LogP contribution in [-0.2, 0) is 14.8 Å². The smallest absolute Gasteiger partial charge is 0.304 e. The van der Waals surface area contributed by atoms with Crippen molar-refractivity contribution < 1.29 is 18.3 Å². The van der Waals surface area contributed by atoms with Gasteiger partial charge in [-0.15, -0.1) is 0 Å². The number of nitrogens with one attached hydrogen (secondary N) is 2. The normalized spacial score (nSPS) is 11.4. The number of sulfonamides is 1. The Morgan fingerprint density at radius 1 is 1.50 bits per heavy atom. The van der Waals surface area contributed by atoms with Gasteiger partial charge in [0.05, 0.1) is 29.2 Å². The molecule has 0 fully saturated rings. The fraction of sp³-hybridized carbons (Fsp3) is 0.500. The molecule has 0 aromatic carbocycles. The van der Waals surface area contributed by atoms with Gasteiger partial charge >= 0.3 is 5.97 Å². The summed E-state index contributed by atoms with van der Waals surface area (Å²) in [7, 11) is -3.64. The molecule has 1 heterocycles. The Labute approximate surface area is 92.9 Å². The first-order valence-corrected chi connectivity index (χ1v) is 6.21. The first-order valence-electron chi connectivity index (χ1n) is 4.55. The predicted octanol–water partition coefficient (Wildman–Crippen LogP) is 0.243. The Bertz CT molecular complexity index is 472. The van der Waals surface area contributed by atoms with Gasteiger partial charge in [-0.2, -0.15) is 5.10 Å². The van der Waals surface area contributed by atoms with E-state index in [0.29, 0.717) is 17.1 Å². The monoisotopic (exact) mass is 247 g/mol. The Balaban J connectivity index is 2.77. The fourth-order valence-corrected chi connectivity index (χ4v) is 2.29. The summed E-state index contributed by atoms with van der Waals surface area (Å²) in [6.45, 7) is 3.33. The van der Waals surface area contributed by atoms with Crippen LogP contribution in [0.15, 0.2) is 0 Å². The van der Waals surface area contributed by atoms with Crippen LogP contribution in [0.25, 0.3) is 0 Å². The Hall–Kier alpha value is -1.57. The van der Waals surface area contributed by atoms with Crippen LogP contribution in [0, 0.1) is 13.8 Å². The van der Waals surface area contributed by atoms with Gasteiger partial charge in [0.25, 0.3) is 0 Å². The number of aryl methyl sites for hydroxylation is 2. The molecule has 0 atom stereocenters. The van der Waals surface area contributed by atoms with Crippen molar-refractivity contribution in [3.05, 3.63) is 11.4 Å². The average molecular weight is 247 g/mol. The zero-order valence-corrected chi connectivity index (χ0v) is 9.76. The molecule has 3 N–H and O–H groups in total. The van der Waals surface area contributed by atoms with E-state index in [2.05, 4.69) is 14.9 Å². The zero-order valence-electron chi connectivity index (χ0n) is 8.94. The van der Waals surface area contributed by atoms with Gasteiger partial charge in [-0.05, 0) is 13.8 Å². The third-order valence-electron chi connectivity index (χ3n) is 1.97. The maximum Gasteiger partial charge on any atom is 0.304 e. The number of aliphatic carboxylic acids is 1. The Morgan fingerprint density at radius 2 is 2.12 bits per heavy atom. The number of hydrogen-bond donors (Lipinski definition) is 3. The summed E-state index contributed by atoms with van der Waals surface area (Å²) < 4.78 is 25.3.